The second kappa shape index (κ2) is 6.43. The van der Waals surface area contributed by atoms with Gasteiger partial charge in [0.25, 0.3) is 5.91 Å². The smallest absolute Gasteiger partial charge is 0.255 e. The number of carbonyl (C=O) groups excluding carboxylic acids is 1. The van der Waals surface area contributed by atoms with E-state index in [0.717, 1.165) is 15.7 Å². The van der Waals surface area contributed by atoms with Crippen LogP contribution in [-0.2, 0) is 5.41 Å². The first-order chi connectivity index (χ1) is 10.2. The van der Waals surface area contributed by atoms with E-state index in [1.807, 2.05) is 37.3 Å². The highest BCUT2D eigenvalue weighted by atomic mass is 79.9. The second-order valence-corrected chi connectivity index (χ2v) is 7.57. The molecular weight excluding hydrogens is 362 g/mol. The first kappa shape index (κ1) is 17.0. The number of carbonyl (C=O) groups is 1. The summed E-state index contributed by atoms with van der Waals surface area (Å²) in [4.78, 5) is 12.4. The molecule has 0 aliphatic heterocycles. The Balaban J connectivity index is 2.27. The van der Waals surface area contributed by atoms with Crippen molar-refractivity contribution in [1.29, 1.82) is 0 Å². The number of hydrogen-bond acceptors (Lipinski definition) is 1. The lowest BCUT2D eigenvalue weighted by atomic mass is 9.86. The first-order valence-electron chi connectivity index (χ1n) is 7.06. The van der Waals surface area contributed by atoms with E-state index in [4.69, 9.17) is 11.6 Å². The van der Waals surface area contributed by atoms with Gasteiger partial charge >= 0.3 is 0 Å². The maximum atomic E-state index is 12.4. The molecule has 2 aromatic rings. The molecule has 1 N–H and O–H groups in total. The molecule has 0 saturated heterocycles. The summed E-state index contributed by atoms with van der Waals surface area (Å²) in [6.07, 6.45) is 0. The third-order valence-corrected chi connectivity index (χ3v) is 4.62. The van der Waals surface area contributed by atoms with Gasteiger partial charge < -0.3 is 5.32 Å². The van der Waals surface area contributed by atoms with E-state index in [1.165, 1.54) is 5.56 Å². The van der Waals surface area contributed by atoms with Crippen molar-refractivity contribution < 1.29 is 4.79 Å². The van der Waals surface area contributed by atoms with E-state index >= 15 is 0 Å². The summed E-state index contributed by atoms with van der Waals surface area (Å²) < 4.78 is 0.940. The molecule has 4 heteroatoms. The van der Waals surface area contributed by atoms with Crippen molar-refractivity contribution in [3.05, 3.63) is 62.6 Å². The minimum atomic E-state index is -0.147. The molecule has 0 saturated carbocycles. The maximum Gasteiger partial charge on any atom is 0.255 e. The zero-order valence-electron chi connectivity index (χ0n) is 13.1. The number of hydrogen-bond donors (Lipinski definition) is 1. The monoisotopic (exact) mass is 379 g/mol. The molecule has 116 valence electrons. The normalized spacial score (nSPS) is 11.4. The van der Waals surface area contributed by atoms with Crippen molar-refractivity contribution in [2.45, 2.75) is 33.1 Å². The summed E-state index contributed by atoms with van der Waals surface area (Å²) in [7, 11) is 0. The number of halogens is 2. The number of anilines is 1. The van der Waals surface area contributed by atoms with Crippen LogP contribution in [0.15, 0.2) is 40.9 Å². The van der Waals surface area contributed by atoms with Crippen molar-refractivity contribution in [2.24, 2.45) is 0 Å². The minimum Gasteiger partial charge on any atom is -0.322 e. The first-order valence-corrected chi connectivity index (χ1v) is 8.24. The third kappa shape index (κ3) is 3.71. The quantitative estimate of drug-likeness (QED) is 0.684. The van der Waals surface area contributed by atoms with Crippen LogP contribution in [-0.4, -0.2) is 5.91 Å². The van der Waals surface area contributed by atoms with Gasteiger partial charge in [-0.05, 0) is 47.7 Å². The summed E-state index contributed by atoms with van der Waals surface area (Å²) in [6.45, 7) is 8.31. The van der Waals surface area contributed by atoms with E-state index < -0.39 is 0 Å². The van der Waals surface area contributed by atoms with Crippen LogP contribution >= 0.6 is 27.5 Å². The largest absolute Gasteiger partial charge is 0.322 e. The van der Waals surface area contributed by atoms with Crippen LogP contribution < -0.4 is 5.32 Å². The Morgan fingerprint density at radius 2 is 1.86 bits per heavy atom. The van der Waals surface area contributed by atoms with Crippen molar-refractivity contribution in [3.8, 4) is 0 Å². The third-order valence-electron chi connectivity index (χ3n) is 3.56. The van der Waals surface area contributed by atoms with Gasteiger partial charge in [0.2, 0.25) is 0 Å². The second-order valence-electron chi connectivity index (χ2n) is 6.31. The highest BCUT2D eigenvalue weighted by molar-refractivity contribution is 9.10. The molecule has 0 unspecified atom stereocenters. The van der Waals surface area contributed by atoms with E-state index in [-0.39, 0.29) is 11.3 Å². The van der Waals surface area contributed by atoms with Crippen molar-refractivity contribution in [3.63, 3.8) is 0 Å². The van der Waals surface area contributed by atoms with Crippen molar-refractivity contribution in [1.82, 2.24) is 0 Å². The molecule has 0 spiro atoms. The Kier molecular flexibility index (Phi) is 4.98. The Labute approximate surface area is 145 Å². The Morgan fingerprint density at radius 3 is 2.45 bits per heavy atom. The van der Waals surface area contributed by atoms with Gasteiger partial charge in [-0.25, -0.2) is 0 Å². The van der Waals surface area contributed by atoms with E-state index in [0.29, 0.717) is 10.6 Å². The predicted molar refractivity (Wildman–Crippen MR) is 97.0 cm³/mol. The van der Waals surface area contributed by atoms with Gasteiger partial charge in [-0.1, -0.05) is 60.4 Å². The molecule has 1 amide bonds. The fourth-order valence-corrected chi connectivity index (χ4v) is 3.35. The van der Waals surface area contributed by atoms with Gasteiger partial charge in [0.05, 0.1) is 0 Å². The molecule has 0 bridgehead atoms. The van der Waals surface area contributed by atoms with Crippen LogP contribution in [0.1, 0.15) is 42.3 Å². The van der Waals surface area contributed by atoms with Crippen molar-refractivity contribution in [2.75, 3.05) is 5.32 Å². The summed E-state index contributed by atoms with van der Waals surface area (Å²) in [5, 5.41) is 3.55. The van der Waals surface area contributed by atoms with Crippen LogP contribution in [0.25, 0.3) is 0 Å². The lowest BCUT2D eigenvalue weighted by Gasteiger charge is -2.21. The van der Waals surface area contributed by atoms with Gasteiger partial charge in [0.1, 0.15) is 0 Å². The minimum absolute atomic E-state index is 0.0252. The molecule has 22 heavy (non-hydrogen) atoms. The Hall–Kier alpha value is -1.32. The SMILES string of the molecule is Cc1c(Cl)cccc1NC(=O)c1ccc(C(C)(C)C)c(Br)c1. The molecule has 0 aliphatic rings. The van der Waals surface area contributed by atoms with Crippen LogP contribution in [0.2, 0.25) is 5.02 Å². The molecule has 0 aromatic heterocycles. The summed E-state index contributed by atoms with van der Waals surface area (Å²) in [6, 6.07) is 11.2. The fraction of sp³-hybridized carbons (Fsp3) is 0.278. The number of nitrogens with one attached hydrogen (secondary N) is 1. The number of rotatable bonds is 2. The molecule has 2 aromatic carbocycles. The van der Waals surface area contributed by atoms with Crippen LogP contribution in [0.4, 0.5) is 5.69 Å². The highest BCUT2D eigenvalue weighted by Gasteiger charge is 2.18. The zero-order chi connectivity index (χ0) is 16.5. The molecule has 0 atom stereocenters. The summed E-state index contributed by atoms with van der Waals surface area (Å²) in [5.41, 5.74) is 3.40. The average Bonchev–Trinajstić information content (AvgIpc) is 2.42. The maximum absolute atomic E-state index is 12.4. The summed E-state index contributed by atoms with van der Waals surface area (Å²) >= 11 is 9.64. The van der Waals surface area contributed by atoms with Gasteiger partial charge in [-0.2, -0.15) is 0 Å². The van der Waals surface area contributed by atoms with Gasteiger partial charge in [-0.15, -0.1) is 0 Å². The van der Waals surface area contributed by atoms with Gasteiger partial charge in [0.15, 0.2) is 0 Å². The molecule has 0 fully saturated rings. The highest BCUT2D eigenvalue weighted by Crippen LogP contribution is 2.31. The van der Waals surface area contributed by atoms with Gasteiger partial charge in [0, 0.05) is 20.7 Å². The van der Waals surface area contributed by atoms with E-state index in [2.05, 4.69) is 42.0 Å². The standard InChI is InChI=1S/C18H19BrClNO/c1-11-15(20)6-5-7-16(11)21-17(22)12-8-9-13(14(19)10-12)18(2,3)4/h5-10H,1-4H3,(H,21,22). The molecule has 0 radical (unpaired) electrons. The lowest BCUT2D eigenvalue weighted by Crippen LogP contribution is -2.15. The van der Waals surface area contributed by atoms with E-state index in [1.54, 1.807) is 6.07 Å². The predicted octanol–water partition coefficient (Wildman–Crippen LogP) is 5.96. The average molecular weight is 381 g/mol. The van der Waals surface area contributed by atoms with Crippen LogP contribution in [0.5, 0.6) is 0 Å². The Morgan fingerprint density at radius 1 is 1.18 bits per heavy atom. The number of amides is 1. The van der Waals surface area contributed by atoms with E-state index in [9.17, 15) is 4.79 Å². The Bertz CT molecular complexity index is 720. The van der Waals surface area contributed by atoms with Crippen LogP contribution in [0, 0.1) is 6.92 Å². The molecule has 2 nitrogen and oxygen atoms in total. The van der Waals surface area contributed by atoms with Crippen LogP contribution in [0.3, 0.4) is 0 Å². The number of benzene rings is 2. The molecule has 0 aliphatic carbocycles. The van der Waals surface area contributed by atoms with Gasteiger partial charge in [-0.3, -0.25) is 4.79 Å². The molecule has 0 heterocycles. The van der Waals surface area contributed by atoms with Crippen molar-refractivity contribution >= 4 is 39.1 Å². The summed E-state index contributed by atoms with van der Waals surface area (Å²) in [5.74, 6) is -0.147. The molecular formula is C18H19BrClNO. The lowest BCUT2D eigenvalue weighted by molar-refractivity contribution is 0.102. The zero-order valence-corrected chi connectivity index (χ0v) is 15.5. The fourth-order valence-electron chi connectivity index (χ4n) is 2.20. The molecule has 2 rings (SSSR count). The topological polar surface area (TPSA) is 29.1 Å².